The first-order valence-corrected chi connectivity index (χ1v) is 20.0. The van der Waals surface area contributed by atoms with Crippen molar-refractivity contribution in [2.75, 3.05) is 0 Å². The molecule has 1 N–H and O–H groups in total. The van der Waals surface area contributed by atoms with Gasteiger partial charge in [0.1, 0.15) is 6.15 Å². The highest BCUT2D eigenvalue weighted by Crippen LogP contribution is 2.41. The summed E-state index contributed by atoms with van der Waals surface area (Å²) in [4.78, 5) is 26.3. The van der Waals surface area contributed by atoms with Crippen LogP contribution in [0, 0.1) is 0 Å². The standard InChI is InChI=1S/C32H12BF24.C13H10N2O3/c34-25(35,36)13-1-14(26(37,38)39)6-21(5-13)33(22-7-15(27(40,41)42)2-16(8-22)28(43,44)45,23-9-17(29(46,47)48)3-18(10-23)30(49,50)51)24-11-19(31(52,53)54)4-20(12-24)32(55,56)57;16-12(10-4-2-1-3-5-10)9-15-7-6-14-11(8-15)13(17)18/h1-12H;1-8H,9H2/q-1;/p+1. The number of hydrogen-bond donors (Lipinski definition) is 1. The van der Waals surface area contributed by atoms with Gasteiger partial charge in [-0.2, -0.15) is 132 Å². The highest BCUT2D eigenvalue weighted by Gasteiger charge is 2.47. The van der Waals surface area contributed by atoms with Crippen molar-refractivity contribution in [3.05, 3.63) is 177 Å². The van der Waals surface area contributed by atoms with Crippen molar-refractivity contribution in [3.8, 4) is 0 Å². The molecule has 0 bridgehead atoms. The maximum atomic E-state index is 14.2. The van der Waals surface area contributed by atoms with E-state index in [1.807, 2.05) is 6.07 Å². The molecule has 402 valence electrons. The molecule has 0 aliphatic rings. The van der Waals surface area contributed by atoms with Gasteiger partial charge in [0.05, 0.1) is 50.7 Å². The average molecular weight is 1110 g/mol. The number of carboxylic acids is 1. The molecule has 30 heteroatoms. The molecule has 0 radical (unpaired) electrons. The van der Waals surface area contributed by atoms with E-state index in [1.54, 1.807) is 30.5 Å². The second-order valence-corrected chi connectivity index (χ2v) is 15.9. The van der Waals surface area contributed by atoms with Gasteiger partial charge in [-0.25, -0.2) is 9.78 Å². The zero-order chi connectivity index (χ0) is 56.9. The van der Waals surface area contributed by atoms with Crippen molar-refractivity contribution in [1.82, 2.24) is 4.98 Å². The van der Waals surface area contributed by atoms with Gasteiger partial charge in [-0.1, -0.05) is 78.9 Å². The van der Waals surface area contributed by atoms with Crippen LogP contribution in [0.15, 0.2) is 122 Å². The van der Waals surface area contributed by atoms with Crippen molar-refractivity contribution < 1.29 is 125 Å². The lowest BCUT2D eigenvalue weighted by Crippen LogP contribution is -2.75. The fourth-order valence-corrected chi connectivity index (χ4v) is 7.59. The fourth-order valence-electron chi connectivity index (χ4n) is 7.59. The van der Waals surface area contributed by atoms with Gasteiger partial charge in [-0.15, -0.1) is 0 Å². The molecule has 1 heterocycles. The summed E-state index contributed by atoms with van der Waals surface area (Å²) >= 11 is 0. The number of hydrogen-bond acceptors (Lipinski definition) is 3. The highest BCUT2D eigenvalue weighted by molar-refractivity contribution is 7.20. The number of carboxylic acid groups (broad SMARTS) is 1. The molecule has 0 fully saturated rings. The second kappa shape index (κ2) is 20.1. The fraction of sp³-hybridized carbons (Fsp3) is 0.200. The van der Waals surface area contributed by atoms with E-state index in [0.29, 0.717) is 5.56 Å². The van der Waals surface area contributed by atoms with E-state index in [4.69, 9.17) is 5.11 Å². The Morgan fingerprint density at radius 3 is 0.893 bits per heavy atom. The number of halogens is 24. The maximum absolute atomic E-state index is 14.2. The Balaban J connectivity index is 0.000000483. The van der Waals surface area contributed by atoms with Crippen molar-refractivity contribution in [2.45, 2.75) is 56.0 Å². The van der Waals surface area contributed by atoms with E-state index in [-0.39, 0.29) is 18.0 Å². The molecule has 0 aliphatic carbocycles. The van der Waals surface area contributed by atoms with E-state index < -0.39 is 201 Å². The lowest BCUT2D eigenvalue weighted by atomic mass is 9.12. The third-order valence-electron chi connectivity index (χ3n) is 10.8. The first kappa shape index (κ1) is 58.6. The maximum Gasteiger partial charge on any atom is 0.416 e. The Bertz CT molecular complexity index is 2640. The van der Waals surface area contributed by atoms with Gasteiger partial charge >= 0.3 is 55.4 Å². The van der Waals surface area contributed by atoms with Crippen molar-refractivity contribution in [1.29, 1.82) is 0 Å². The van der Waals surface area contributed by atoms with Crippen LogP contribution in [0.5, 0.6) is 0 Å². The first-order chi connectivity index (χ1) is 33.9. The predicted octanol–water partition coefficient (Wildman–Crippen LogP) is 12.2. The average Bonchev–Trinajstić information content (AvgIpc) is 3.27. The van der Waals surface area contributed by atoms with Crippen LogP contribution in [0.2, 0.25) is 0 Å². The molecule has 0 saturated heterocycles. The molecule has 5 aromatic carbocycles. The van der Waals surface area contributed by atoms with Crippen molar-refractivity contribution in [3.63, 3.8) is 0 Å². The number of aromatic carboxylic acids is 1. The smallest absolute Gasteiger partial charge is 0.416 e. The van der Waals surface area contributed by atoms with Crippen LogP contribution in [-0.4, -0.2) is 28.0 Å². The monoisotopic (exact) mass is 1110 g/mol. The largest absolute Gasteiger partial charge is 0.476 e. The Morgan fingerprint density at radius 2 is 0.667 bits per heavy atom. The van der Waals surface area contributed by atoms with Crippen molar-refractivity contribution in [2.24, 2.45) is 0 Å². The molecule has 0 spiro atoms. The lowest BCUT2D eigenvalue weighted by molar-refractivity contribution is -0.683. The highest BCUT2D eigenvalue weighted by atomic mass is 19.4. The number of benzene rings is 5. The van der Waals surface area contributed by atoms with Crippen molar-refractivity contribution >= 4 is 39.7 Å². The number of Topliss-reactive ketones (excluding diaryl/α,β-unsaturated/α-hetero) is 1. The number of alkyl halides is 24. The number of carbonyl (C=O) groups excluding carboxylic acids is 1. The van der Waals surface area contributed by atoms with Crippen LogP contribution in [-0.2, 0) is 56.0 Å². The van der Waals surface area contributed by atoms with Gasteiger partial charge in [0.25, 0.3) is 0 Å². The SMILES string of the molecule is FC(F)(F)c1cc([B-](c2cc(C(F)(F)F)cc(C(F)(F)F)c2)(c2cc(C(F)(F)F)cc(C(F)(F)F)c2)c2cc(C(F)(F)F)cc(C(F)(F)F)c2)cc(C(F)(F)F)c1.O=C(C[n+]1ccnc(C(=O)O)c1)c1ccccc1. The molecule has 0 amide bonds. The Kier molecular flexibility index (Phi) is 15.7. The zero-order valence-electron chi connectivity index (χ0n) is 36.1. The molecule has 6 rings (SSSR count). The number of ketones is 1. The zero-order valence-corrected chi connectivity index (χ0v) is 36.1. The summed E-state index contributed by atoms with van der Waals surface area (Å²) in [6, 6.07) is 0.0404. The van der Waals surface area contributed by atoms with Gasteiger partial charge in [0.2, 0.25) is 24.2 Å². The number of carbonyl (C=O) groups is 2. The minimum Gasteiger partial charge on any atom is -0.476 e. The normalized spacial score (nSPS) is 13.3. The molecule has 0 aliphatic heterocycles. The Hall–Kier alpha value is -7.30. The molecule has 6 aromatic rings. The summed E-state index contributed by atoms with van der Waals surface area (Å²) in [5, 5.41) is 8.80. The number of rotatable bonds is 8. The number of aromatic nitrogens is 2. The molecule has 0 atom stereocenters. The molecule has 5 nitrogen and oxygen atoms in total. The molecular weight excluding hydrogens is 1080 g/mol. The molecule has 0 unspecified atom stereocenters. The summed E-state index contributed by atoms with van der Waals surface area (Å²) in [5.74, 6) is -1.19. The van der Waals surface area contributed by atoms with Crippen LogP contribution >= 0.6 is 0 Å². The predicted molar refractivity (Wildman–Crippen MR) is 212 cm³/mol. The van der Waals surface area contributed by atoms with Crippen LogP contribution in [0.4, 0.5) is 105 Å². The lowest BCUT2D eigenvalue weighted by Gasteiger charge is -2.46. The van der Waals surface area contributed by atoms with Crippen LogP contribution < -0.4 is 26.4 Å². The summed E-state index contributed by atoms with van der Waals surface area (Å²) in [5.41, 5.74) is -29.7. The second-order valence-electron chi connectivity index (χ2n) is 15.9. The quantitative estimate of drug-likeness (QED) is 0.0713. The van der Waals surface area contributed by atoms with E-state index in [0.717, 1.165) is 0 Å². The third kappa shape index (κ3) is 13.7. The molecule has 75 heavy (non-hydrogen) atoms. The summed E-state index contributed by atoms with van der Waals surface area (Å²) in [7, 11) is 0. The minimum atomic E-state index is -6.13. The molecule has 1 aromatic heterocycles. The van der Waals surface area contributed by atoms with Gasteiger partial charge in [-0.3, -0.25) is 4.79 Å². The Morgan fingerprint density at radius 1 is 0.413 bits per heavy atom. The van der Waals surface area contributed by atoms with E-state index in [9.17, 15) is 115 Å². The van der Waals surface area contributed by atoms with E-state index in [2.05, 4.69) is 4.98 Å². The molecule has 0 saturated carbocycles. The molecular formula is C45H23BF24N2O3. The van der Waals surface area contributed by atoms with Gasteiger partial charge in [0.15, 0.2) is 6.20 Å². The summed E-state index contributed by atoms with van der Waals surface area (Å²) in [6.07, 6.45) is -50.5. The van der Waals surface area contributed by atoms with E-state index in [1.165, 1.54) is 17.0 Å². The van der Waals surface area contributed by atoms with Crippen LogP contribution in [0.3, 0.4) is 0 Å². The summed E-state index contributed by atoms with van der Waals surface area (Å²) in [6.45, 7) is 0.0901. The summed E-state index contributed by atoms with van der Waals surface area (Å²) < 4.78 is 342. The topological polar surface area (TPSA) is 71.1 Å². The minimum absolute atomic E-state index is 0.0804. The number of nitrogens with zero attached hydrogens (tertiary/aromatic N) is 2. The van der Waals surface area contributed by atoms with Gasteiger partial charge < -0.3 is 5.11 Å². The Labute approximate surface area is 402 Å². The third-order valence-corrected chi connectivity index (χ3v) is 10.8. The van der Waals surface area contributed by atoms with Gasteiger partial charge in [-0.05, 0) is 24.3 Å². The first-order valence-electron chi connectivity index (χ1n) is 20.0. The van der Waals surface area contributed by atoms with Crippen LogP contribution in [0.1, 0.15) is 65.4 Å². The van der Waals surface area contributed by atoms with Crippen LogP contribution in [0.25, 0.3) is 0 Å². The van der Waals surface area contributed by atoms with E-state index >= 15 is 0 Å². The van der Waals surface area contributed by atoms with Gasteiger partial charge in [0, 0.05) is 5.56 Å².